The number of hydrogen-bond donors (Lipinski definition) is 1. The number of hydrogen-bond acceptors (Lipinski definition) is 3. The molecule has 1 N–H and O–H groups in total. The minimum Gasteiger partial charge on any atom is -0.350 e. The molecule has 25 heavy (non-hydrogen) atoms. The quantitative estimate of drug-likeness (QED) is 0.880. The molecule has 3 rings (SSSR count). The molecule has 1 aliphatic rings. The summed E-state index contributed by atoms with van der Waals surface area (Å²) >= 11 is 0. The average molecular weight is 340 g/mol. The van der Waals surface area contributed by atoms with Gasteiger partial charge in [0.25, 0.3) is 5.91 Å². The molecular weight excluding hydrogens is 312 g/mol. The number of piperidine rings is 1. The summed E-state index contributed by atoms with van der Waals surface area (Å²) in [4.78, 5) is 14.9. The third kappa shape index (κ3) is 4.69. The van der Waals surface area contributed by atoms with Crippen molar-refractivity contribution in [3.8, 4) is 0 Å². The summed E-state index contributed by atoms with van der Waals surface area (Å²) in [5.74, 6) is -0.00396. The molecule has 0 radical (unpaired) electrons. The number of aromatic nitrogens is 2. The maximum atomic E-state index is 12.5. The van der Waals surface area contributed by atoms with E-state index in [1.165, 1.54) is 19.3 Å². The van der Waals surface area contributed by atoms with Crippen molar-refractivity contribution in [3.63, 3.8) is 0 Å². The Morgan fingerprint density at radius 3 is 2.52 bits per heavy atom. The van der Waals surface area contributed by atoms with Gasteiger partial charge < -0.3 is 5.32 Å². The van der Waals surface area contributed by atoms with E-state index in [4.69, 9.17) is 0 Å². The highest BCUT2D eigenvalue weighted by atomic mass is 16.1. The van der Waals surface area contributed by atoms with Crippen LogP contribution >= 0.6 is 0 Å². The largest absolute Gasteiger partial charge is 0.350 e. The van der Waals surface area contributed by atoms with Crippen molar-refractivity contribution in [1.29, 1.82) is 0 Å². The first kappa shape index (κ1) is 17.7. The minimum atomic E-state index is -0.00396. The monoisotopic (exact) mass is 340 g/mol. The molecule has 1 aromatic heterocycles. The molecule has 1 amide bonds. The average Bonchev–Trinajstić information content (AvgIpc) is 3.14. The number of carbonyl (C=O) groups excluding carboxylic acids is 1. The third-order valence-corrected chi connectivity index (χ3v) is 5.01. The van der Waals surface area contributed by atoms with Gasteiger partial charge in [0.15, 0.2) is 0 Å². The van der Waals surface area contributed by atoms with Gasteiger partial charge in [-0.1, -0.05) is 18.6 Å². The van der Waals surface area contributed by atoms with Crippen LogP contribution < -0.4 is 5.32 Å². The van der Waals surface area contributed by atoms with Crippen LogP contribution in [0.4, 0.5) is 0 Å². The lowest BCUT2D eigenvalue weighted by atomic mass is 9.98. The molecular formula is C20H28N4O. The molecule has 134 valence electrons. The van der Waals surface area contributed by atoms with Gasteiger partial charge in [-0.25, -0.2) is 0 Å². The second-order valence-corrected chi connectivity index (χ2v) is 7.44. The van der Waals surface area contributed by atoms with Crippen LogP contribution in [0.3, 0.4) is 0 Å². The predicted octanol–water partition coefficient (Wildman–Crippen LogP) is 2.93. The van der Waals surface area contributed by atoms with Gasteiger partial charge in [0.1, 0.15) is 0 Å². The molecule has 1 fully saturated rings. The highest BCUT2D eigenvalue weighted by Crippen LogP contribution is 2.20. The second-order valence-electron chi connectivity index (χ2n) is 7.44. The van der Waals surface area contributed by atoms with Crippen molar-refractivity contribution in [2.45, 2.75) is 45.2 Å². The maximum Gasteiger partial charge on any atom is 0.251 e. The van der Waals surface area contributed by atoms with Crippen molar-refractivity contribution >= 4 is 5.91 Å². The van der Waals surface area contributed by atoms with E-state index in [0.29, 0.717) is 12.1 Å². The molecule has 0 spiro atoms. The van der Waals surface area contributed by atoms with Crippen LogP contribution in [0.1, 0.15) is 49.0 Å². The van der Waals surface area contributed by atoms with Crippen LogP contribution in [-0.4, -0.2) is 45.8 Å². The van der Waals surface area contributed by atoms with Gasteiger partial charge in [0, 0.05) is 30.0 Å². The van der Waals surface area contributed by atoms with E-state index in [0.717, 1.165) is 25.2 Å². The van der Waals surface area contributed by atoms with E-state index < -0.39 is 0 Å². The topological polar surface area (TPSA) is 50.2 Å². The number of nitrogens with one attached hydrogen (secondary N) is 1. The van der Waals surface area contributed by atoms with Crippen LogP contribution in [0.25, 0.3) is 0 Å². The maximum absolute atomic E-state index is 12.5. The molecule has 5 heteroatoms. The summed E-state index contributed by atoms with van der Waals surface area (Å²) in [6.45, 7) is 8.07. The Morgan fingerprint density at radius 2 is 1.88 bits per heavy atom. The van der Waals surface area contributed by atoms with E-state index in [-0.39, 0.29) is 11.4 Å². The summed E-state index contributed by atoms with van der Waals surface area (Å²) in [6, 6.07) is 9.68. The van der Waals surface area contributed by atoms with Gasteiger partial charge in [0.05, 0.1) is 6.54 Å². The van der Waals surface area contributed by atoms with Crippen molar-refractivity contribution in [2.24, 2.45) is 0 Å². The Kier molecular flexibility index (Phi) is 5.53. The Labute approximate surface area is 150 Å². The van der Waals surface area contributed by atoms with E-state index in [9.17, 15) is 4.79 Å². The zero-order valence-corrected chi connectivity index (χ0v) is 15.2. The first-order valence-electron chi connectivity index (χ1n) is 9.14. The lowest BCUT2D eigenvalue weighted by molar-refractivity contribution is 0.0797. The lowest BCUT2D eigenvalue weighted by Gasteiger charge is -2.41. The number of carbonyl (C=O) groups is 1. The van der Waals surface area contributed by atoms with Crippen molar-refractivity contribution < 1.29 is 4.79 Å². The Morgan fingerprint density at radius 1 is 1.16 bits per heavy atom. The molecule has 0 saturated carbocycles. The molecule has 0 unspecified atom stereocenters. The van der Waals surface area contributed by atoms with Gasteiger partial charge in [-0.15, -0.1) is 0 Å². The molecule has 5 nitrogen and oxygen atoms in total. The molecule has 0 aliphatic carbocycles. The SMILES string of the molecule is CC(C)(CNC(=O)c1ccc(Cn2cccn2)cc1)N1CCCCC1. The zero-order valence-electron chi connectivity index (χ0n) is 15.2. The lowest BCUT2D eigenvalue weighted by Crippen LogP contribution is -2.53. The fraction of sp³-hybridized carbons (Fsp3) is 0.500. The zero-order chi connectivity index (χ0) is 17.7. The first-order valence-corrected chi connectivity index (χ1v) is 9.14. The summed E-state index contributed by atoms with van der Waals surface area (Å²) in [6.07, 6.45) is 7.54. The second kappa shape index (κ2) is 7.83. The van der Waals surface area contributed by atoms with Crippen molar-refractivity contribution in [2.75, 3.05) is 19.6 Å². The van der Waals surface area contributed by atoms with Gasteiger partial charge in [-0.2, -0.15) is 5.10 Å². The van der Waals surface area contributed by atoms with Gasteiger partial charge in [0.2, 0.25) is 0 Å². The first-order chi connectivity index (χ1) is 12.0. The normalized spacial score (nSPS) is 15.9. The van der Waals surface area contributed by atoms with Gasteiger partial charge in [-0.3, -0.25) is 14.4 Å². The third-order valence-electron chi connectivity index (χ3n) is 5.01. The number of rotatable bonds is 6. The predicted molar refractivity (Wildman–Crippen MR) is 99.6 cm³/mol. The van der Waals surface area contributed by atoms with Crippen LogP contribution in [0.15, 0.2) is 42.7 Å². The highest BCUT2D eigenvalue weighted by molar-refractivity contribution is 5.94. The number of nitrogens with zero attached hydrogens (tertiary/aromatic N) is 3. The standard InChI is InChI=1S/C20H28N4O/c1-20(2,23-12-4-3-5-13-23)16-21-19(25)18-9-7-17(8-10-18)15-24-14-6-11-22-24/h6-11,14H,3-5,12-13,15-16H2,1-2H3,(H,21,25). The van der Waals surface area contributed by atoms with Crippen LogP contribution in [0.2, 0.25) is 0 Å². The smallest absolute Gasteiger partial charge is 0.251 e. The molecule has 0 bridgehead atoms. The number of likely N-dealkylation sites (tertiary alicyclic amines) is 1. The van der Waals surface area contributed by atoms with E-state index in [2.05, 4.69) is 29.2 Å². The number of amides is 1. The van der Waals surface area contributed by atoms with Crippen LogP contribution in [0, 0.1) is 0 Å². The molecule has 1 aromatic carbocycles. The Bertz CT molecular complexity index is 670. The Balaban J connectivity index is 1.54. The molecule has 1 aliphatic heterocycles. The summed E-state index contributed by atoms with van der Waals surface area (Å²) in [5, 5.41) is 7.31. The van der Waals surface area contributed by atoms with Gasteiger partial charge >= 0.3 is 0 Å². The fourth-order valence-electron chi connectivity index (χ4n) is 3.35. The molecule has 1 saturated heterocycles. The minimum absolute atomic E-state index is 0.00386. The highest BCUT2D eigenvalue weighted by Gasteiger charge is 2.28. The molecule has 0 atom stereocenters. The van der Waals surface area contributed by atoms with Crippen molar-refractivity contribution in [3.05, 3.63) is 53.9 Å². The van der Waals surface area contributed by atoms with Crippen molar-refractivity contribution in [1.82, 2.24) is 20.0 Å². The van der Waals surface area contributed by atoms with Crippen LogP contribution in [0.5, 0.6) is 0 Å². The summed E-state index contributed by atoms with van der Waals surface area (Å²) in [7, 11) is 0. The summed E-state index contributed by atoms with van der Waals surface area (Å²) in [5.41, 5.74) is 1.84. The molecule has 2 aromatic rings. The van der Waals surface area contributed by atoms with E-state index in [1.807, 2.05) is 41.2 Å². The van der Waals surface area contributed by atoms with Crippen LogP contribution in [-0.2, 0) is 6.54 Å². The fourth-order valence-corrected chi connectivity index (χ4v) is 3.35. The number of benzene rings is 1. The molecule has 2 heterocycles. The Hall–Kier alpha value is -2.14. The van der Waals surface area contributed by atoms with E-state index >= 15 is 0 Å². The van der Waals surface area contributed by atoms with E-state index in [1.54, 1.807) is 6.20 Å². The summed E-state index contributed by atoms with van der Waals surface area (Å²) < 4.78 is 1.87. The van der Waals surface area contributed by atoms with Gasteiger partial charge in [-0.05, 0) is 63.5 Å².